The number of nitrogens with two attached hydrogens (primary N) is 2. The Hall–Kier alpha value is -2.56. The van der Waals surface area contributed by atoms with Crippen molar-refractivity contribution in [3.05, 3.63) is 47.7 Å². The van der Waals surface area contributed by atoms with E-state index in [1.165, 1.54) is 17.8 Å². The molecule has 20 heavy (non-hydrogen) atoms. The van der Waals surface area contributed by atoms with Gasteiger partial charge in [0.2, 0.25) is 5.88 Å². The number of carbonyl (C=O) groups excluding carboxylic acids is 1. The molecule has 1 amide bonds. The first-order valence-corrected chi connectivity index (χ1v) is 6.30. The van der Waals surface area contributed by atoms with Crippen molar-refractivity contribution in [2.75, 3.05) is 5.73 Å². The van der Waals surface area contributed by atoms with E-state index in [-0.39, 0.29) is 17.1 Å². The quantitative estimate of drug-likeness (QED) is 0.894. The van der Waals surface area contributed by atoms with E-state index in [4.69, 9.17) is 16.2 Å². The fraction of sp³-hybridized carbons (Fsp3) is 0.200. The lowest BCUT2D eigenvalue weighted by atomic mass is 10.0. The summed E-state index contributed by atoms with van der Waals surface area (Å²) < 4.78 is 5.58. The van der Waals surface area contributed by atoms with Crippen LogP contribution in [0.15, 0.2) is 36.5 Å². The molecule has 1 aromatic heterocycles. The number of rotatable bonds is 4. The van der Waals surface area contributed by atoms with Crippen LogP contribution < -0.4 is 16.2 Å². The second-order valence-corrected chi connectivity index (χ2v) is 4.80. The van der Waals surface area contributed by atoms with Gasteiger partial charge in [-0.25, -0.2) is 4.98 Å². The zero-order valence-electron chi connectivity index (χ0n) is 11.5. The van der Waals surface area contributed by atoms with Gasteiger partial charge in [0.05, 0.1) is 17.4 Å². The second-order valence-electron chi connectivity index (χ2n) is 4.80. The van der Waals surface area contributed by atoms with E-state index in [0.717, 1.165) is 0 Å². The number of benzene rings is 1. The zero-order valence-corrected chi connectivity index (χ0v) is 11.5. The maximum atomic E-state index is 11.2. The minimum Gasteiger partial charge on any atom is -0.439 e. The summed E-state index contributed by atoms with van der Waals surface area (Å²) in [5.74, 6) is 0.775. The van der Waals surface area contributed by atoms with Gasteiger partial charge in [0.15, 0.2) is 0 Å². The van der Waals surface area contributed by atoms with Crippen molar-refractivity contribution in [3.8, 4) is 11.6 Å². The highest BCUT2D eigenvalue weighted by atomic mass is 16.5. The number of ether oxygens (including phenoxy) is 1. The molecule has 0 bridgehead atoms. The Bertz CT molecular complexity index is 622. The molecule has 0 atom stereocenters. The van der Waals surface area contributed by atoms with Crippen molar-refractivity contribution in [1.29, 1.82) is 0 Å². The number of nitrogens with zero attached hydrogens (tertiary/aromatic N) is 1. The van der Waals surface area contributed by atoms with E-state index >= 15 is 0 Å². The van der Waals surface area contributed by atoms with E-state index in [0.29, 0.717) is 11.7 Å². The molecule has 0 aliphatic carbocycles. The minimum atomic E-state index is -0.607. The maximum absolute atomic E-state index is 11.2. The molecule has 0 fully saturated rings. The first-order valence-electron chi connectivity index (χ1n) is 6.30. The average molecular weight is 271 g/mol. The van der Waals surface area contributed by atoms with Gasteiger partial charge in [-0.15, -0.1) is 0 Å². The van der Waals surface area contributed by atoms with Crippen molar-refractivity contribution in [2.24, 2.45) is 5.73 Å². The molecular weight excluding hydrogens is 254 g/mol. The van der Waals surface area contributed by atoms with E-state index < -0.39 is 5.91 Å². The molecule has 1 heterocycles. The van der Waals surface area contributed by atoms with E-state index in [2.05, 4.69) is 18.8 Å². The van der Waals surface area contributed by atoms with Crippen LogP contribution in [0.1, 0.15) is 35.7 Å². The van der Waals surface area contributed by atoms with Gasteiger partial charge in [0.25, 0.3) is 5.91 Å². The third kappa shape index (κ3) is 3.06. The maximum Gasteiger partial charge on any atom is 0.251 e. The molecule has 0 radical (unpaired) electrons. The molecule has 0 aliphatic heterocycles. The highest BCUT2D eigenvalue weighted by Crippen LogP contribution is 2.24. The normalized spacial score (nSPS) is 10.6. The third-order valence-electron chi connectivity index (χ3n) is 2.94. The summed E-state index contributed by atoms with van der Waals surface area (Å²) in [5, 5.41) is 0. The number of amides is 1. The summed E-state index contributed by atoms with van der Waals surface area (Å²) in [6, 6.07) is 9.14. The van der Waals surface area contributed by atoms with Gasteiger partial charge in [0, 0.05) is 6.07 Å². The summed E-state index contributed by atoms with van der Waals surface area (Å²) in [6.07, 6.45) is 1.36. The highest BCUT2D eigenvalue weighted by molar-refractivity contribution is 5.98. The van der Waals surface area contributed by atoms with Crippen LogP contribution in [-0.4, -0.2) is 10.9 Å². The number of aromatic nitrogens is 1. The largest absolute Gasteiger partial charge is 0.439 e. The van der Waals surface area contributed by atoms with Crippen molar-refractivity contribution >= 4 is 11.6 Å². The fourth-order valence-corrected chi connectivity index (χ4v) is 1.76. The fourth-order valence-electron chi connectivity index (χ4n) is 1.76. The van der Waals surface area contributed by atoms with E-state index in [1.807, 2.05) is 24.3 Å². The number of anilines is 1. The van der Waals surface area contributed by atoms with E-state index in [9.17, 15) is 4.79 Å². The number of nitrogen functional groups attached to an aromatic ring is 1. The molecule has 1 aromatic carbocycles. The number of carbonyl (C=O) groups is 1. The highest BCUT2D eigenvalue weighted by Gasteiger charge is 2.09. The lowest BCUT2D eigenvalue weighted by molar-refractivity contribution is 0.100. The lowest BCUT2D eigenvalue weighted by Gasteiger charge is -2.09. The first-order chi connectivity index (χ1) is 9.47. The van der Waals surface area contributed by atoms with Crippen LogP contribution >= 0.6 is 0 Å². The molecule has 0 saturated heterocycles. The number of hydrogen-bond donors (Lipinski definition) is 2. The van der Waals surface area contributed by atoms with Crippen LogP contribution in [0.2, 0.25) is 0 Å². The van der Waals surface area contributed by atoms with Crippen molar-refractivity contribution in [3.63, 3.8) is 0 Å². The Kier molecular flexibility index (Phi) is 3.89. The molecular formula is C15H17N3O2. The molecule has 4 N–H and O–H groups in total. The van der Waals surface area contributed by atoms with Gasteiger partial charge < -0.3 is 16.2 Å². The number of primary amides is 1. The Morgan fingerprint density at radius 3 is 2.45 bits per heavy atom. The van der Waals surface area contributed by atoms with Gasteiger partial charge in [0.1, 0.15) is 5.75 Å². The van der Waals surface area contributed by atoms with Crippen molar-refractivity contribution < 1.29 is 9.53 Å². The molecule has 0 saturated carbocycles. The lowest BCUT2D eigenvalue weighted by Crippen LogP contribution is -2.13. The monoisotopic (exact) mass is 271 g/mol. The predicted octanol–water partition coefficient (Wildman–Crippen LogP) is 2.68. The minimum absolute atomic E-state index is 0.203. The molecule has 2 aromatic rings. The van der Waals surface area contributed by atoms with Gasteiger partial charge in [-0.05, 0) is 23.6 Å². The molecule has 0 unspecified atom stereocenters. The Balaban J connectivity index is 2.21. The standard InChI is InChI=1S/C15H17N3O2/c1-9(2)10-3-5-11(6-4-10)20-14-7-12(15(17)19)13(16)8-18-14/h3-9H,16H2,1-2H3,(H2,17,19). The summed E-state index contributed by atoms with van der Waals surface area (Å²) in [5.41, 5.74) is 12.5. The smallest absolute Gasteiger partial charge is 0.251 e. The second kappa shape index (κ2) is 5.61. The summed E-state index contributed by atoms with van der Waals surface area (Å²) in [6.45, 7) is 4.24. The van der Waals surface area contributed by atoms with Gasteiger partial charge in [-0.1, -0.05) is 26.0 Å². The van der Waals surface area contributed by atoms with Crippen LogP contribution in [0.25, 0.3) is 0 Å². The summed E-state index contributed by atoms with van der Waals surface area (Å²) >= 11 is 0. The summed E-state index contributed by atoms with van der Waals surface area (Å²) in [4.78, 5) is 15.2. The molecule has 0 aliphatic rings. The third-order valence-corrected chi connectivity index (χ3v) is 2.94. The topological polar surface area (TPSA) is 91.2 Å². The van der Waals surface area contributed by atoms with Gasteiger partial charge in [-0.2, -0.15) is 0 Å². The Morgan fingerprint density at radius 1 is 1.25 bits per heavy atom. The zero-order chi connectivity index (χ0) is 14.7. The molecule has 2 rings (SSSR count). The number of pyridine rings is 1. The average Bonchev–Trinajstić information content (AvgIpc) is 2.41. The van der Waals surface area contributed by atoms with Gasteiger partial charge in [-0.3, -0.25) is 4.79 Å². The molecule has 5 heteroatoms. The van der Waals surface area contributed by atoms with E-state index in [1.54, 1.807) is 0 Å². The predicted molar refractivity (Wildman–Crippen MR) is 77.8 cm³/mol. The molecule has 5 nitrogen and oxygen atoms in total. The summed E-state index contributed by atoms with van der Waals surface area (Å²) in [7, 11) is 0. The SMILES string of the molecule is CC(C)c1ccc(Oc2cc(C(N)=O)c(N)cn2)cc1. The van der Waals surface area contributed by atoms with Gasteiger partial charge >= 0.3 is 0 Å². The van der Waals surface area contributed by atoms with Crippen LogP contribution in [0.5, 0.6) is 11.6 Å². The van der Waals surface area contributed by atoms with Crippen LogP contribution in [0.4, 0.5) is 5.69 Å². The molecule has 104 valence electrons. The van der Waals surface area contributed by atoms with Crippen molar-refractivity contribution in [1.82, 2.24) is 4.98 Å². The molecule has 0 spiro atoms. The van der Waals surface area contributed by atoms with Crippen LogP contribution in [-0.2, 0) is 0 Å². The van der Waals surface area contributed by atoms with Crippen molar-refractivity contribution in [2.45, 2.75) is 19.8 Å². The first kappa shape index (κ1) is 13.9. The van der Waals surface area contributed by atoms with Crippen LogP contribution in [0.3, 0.4) is 0 Å². The number of hydrogen-bond acceptors (Lipinski definition) is 4. The Morgan fingerprint density at radius 2 is 1.90 bits per heavy atom. The Labute approximate surface area is 117 Å². The van der Waals surface area contributed by atoms with Crippen LogP contribution in [0, 0.1) is 0 Å².